The third-order valence-corrected chi connectivity index (χ3v) is 3.57. The summed E-state index contributed by atoms with van der Waals surface area (Å²) in [5.41, 5.74) is 2.39. The number of nitro groups is 1. The van der Waals surface area contributed by atoms with Crippen molar-refractivity contribution in [2.75, 3.05) is 0 Å². The van der Waals surface area contributed by atoms with Crippen molar-refractivity contribution in [3.63, 3.8) is 0 Å². The zero-order chi connectivity index (χ0) is 17.6. The van der Waals surface area contributed by atoms with E-state index in [0.29, 0.717) is 22.3 Å². The normalized spacial score (nSPS) is 9.76. The van der Waals surface area contributed by atoms with Crippen molar-refractivity contribution in [2.45, 2.75) is 0 Å². The number of benzene rings is 3. The molecule has 0 unspecified atom stereocenters. The molecule has 4 heteroatoms. The molecule has 0 saturated carbocycles. The number of nitrogens with zero attached hydrogens (tertiary/aromatic N) is 1. The van der Waals surface area contributed by atoms with E-state index >= 15 is 0 Å². The van der Waals surface area contributed by atoms with Crippen molar-refractivity contribution >= 4 is 11.5 Å². The zero-order valence-electron chi connectivity index (χ0n) is 13.2. The zero-order valence-corrected chi connectivity index (χ0v) is 13.2. The third-order valence-electron chi connectivity index (χ3n) is 3.57. The highest BCUT2D eigenvalue weighted by atomic mass is 16.6. The van der Waals surface area contributed by atoms with Crippen LogP contribution in [0.4, 0.5) is 5.69 Å². The summed E-state index contributed by atoms with van der Waals surface area (Å²) < 4.78 is 0. The number of hydrogen-bond donors (Lipinski definition) is 0. The molecule has 0 spiro atoms. The summed E-state index contributed by atoms with van der Waals surface area (Å²) in [6, 6.07) is 22.2. The lowest BCUT2D eigenvalue weighted by atomic mass is 10.0. The van der Waals surface area contributed by atoms with Gasteiger partial charge < -0.3 is 0 Å². The number of non-ortho nitro benzene ring substituents is 1. The molecule has 3 rings (SSSR count). The molecule has 0 radical (unpaired) electrons. The molecule has 3 aromatic rings. The number of carbonyl (C=O) groups excluding carboxylic acids is 1. The Morgan fingerprint density at radius 2 is 1.36 bits per heavy atom. The van der Waals surface area contributed by atoms with E-state index in [9.17, 15) is 14.9 Å². The van der Waals surface area contributed by atoms with Crippen LogP contribution in [-0.4, -0.2) is 10.7 Å². The van der Waals surface area contributed by atoms with E-state index in [-0.39, 0.29) is 11.5 Å². The minimum atomic E-state index is -0.454. The highest BCUT2D eigenvalue weighted by molar-refractivity contribution is 6.09. The van der Waals surface area contributed by atoms with Gasteiger partial charge in [0.15, 0.2) is 5.78 Å². The Kier molecular flexibility index (Phi) is 4.68. The minimum Gasteiger partial charge on any atom is -0.289 e. The van der Waals surface area contributed by atoms with Gasteiger partial charge in [-0.1, -0.05) is 60.4 Å². The molecule has 0 saturated heterocycles. The van der Waals surface area contributed by atoms with E-state index in [1.54, 1.807) is 48.5 Å². The Balaban J connectivity index is 1.87. The second-order valence-corrected chi connectivity index (χ2v) is 5.33. The molecule has 0 aliphatic carbocycles. The van der Waals surface area contributed by atoms with Crippen molar-refractivity contribution in [3.05, 3.63) is 111 Å². The van der Waals surface area contributed by atoms with E-state index in [0.717, 1.165) is 0 Å². The first-order valence-corrected chi connectivity index (χ1v) is 7.60. The quantitative estimate of drug-likeness (QED) is 0.313. The van der Waals surface area contributed by atoms with Crippen LogP contribution in [0.1, 0.15) is 27.0 Å². The highest BCUT2D eigenvalue weighted by Gasteiger charge is 2.08. The molecular formula is C21H13NO3. The first-order valence-electron chi connectivity index (χ1n) is 7.60. The van der Waals surface area contributed by atoms with E-state index in [1.807, 2.05) is 18.2 Å². The van der Waals surface area contributed by atoms with Gasteiger partial charge in [0.2, 0.25) is 0 Å². The van der Waals surface area contributed by atoms with E-state index in [4.69, 9.17) is 0 Å². The van der Waals surface area contributed by atoms with Gasteiger partial charge in [0, 0.05) is 34.4 Å². The maximum absolute atomic E-state index is 12.5. The fourth-order valence-electron chi connectivity index (χ4n) is 2.34. The number of nitro benzene ring substituents is 1. The van der Waals surface area contributed by atoms with Crippen LogP contribution in [0, 0.1) is 22.0 Å². The van der Waals surface area contributed by atoms with E-state index in [2.05, 4.69) is 11.8 Å². The number of ketones is 1. The number of hydrogen-bond acceptors (Lipinski definition) is 3. The van der Waals surface area contributed by atoms with Gasteiger partial charge in [0.05, 0.1) is 4.92 Å². The summed E-state index contributed by atoms with van der Waals surface area (Å²) in [7, 11) is 0. The third kappa shape index (κ3) is 3.98. The molecule has 0 fully saturated rings. The number of carbonyl (C=O) groups is 1. The van der Waals surface area contributed by atoms with Crippen LogP contribution in [0.25, 0.3) is 0 Å². The van der Waals surface area contributed by atoms with Gasteiger partial charge in [0.25, 0.3) is 5.69 Å². The molecule has 0 atom stereocenters. The Hall–Kier alpha value is -3.71. The summed E-state index contributed by atoms with van der Waals surface area (Å²) in [4.78, 5) is 22.8. The average Bonchev–Trinajstić information content (AvgIpc) is 2.67. The standard InChI is InChI=1S/C21H13NO3/c23-21(18-8-2-1-3-9-18)19-10-4-6-16(14-19)12-13-17-7-5-11-20(15-17)22(24)25/h1-11,14-15H. The van der Waals surface area contributed by atoms with Crippen LogP contribution in [-0.2, 0) is 0 Å². The second-order valence-electron chi connectivity index (χ2n) is 5.33. The smallest absolute Gasteiger partial charge is 0.270 e. The predicted molar refractivity (Wildman–Crippen MR) is 95.4 cm³/mol. The van der Waals surface area contributed by atoms with Crippen LogP contribution in [0.5, 0.6) is 0 Å². The first kappa shape index (κ1) is 16.2. The lowest BCUT2D eigenvalue weighted by molar-refractivity contribution is -0.384. The van der Waals surface area contributed by atoms with Crippen LogP contribution in [0.2, 0.25) is 0 Å². The molecule has 120 valence electrons. The summed E-state index contributed by atoms with van der Waals surface area (Å²) in [5, 5.41) is 10.8. The predicted octanol–water partition coefficient (Wildman–Crippen LogP) is 4.23. The lowest BCUT2D eigenvalue weighted by Gasteiger charge is -2.01. The van der Waals surface area contributed by atoms with Crippen molar-refractivity contribution in [1.82, 2.24) is 0 Å². The van der Waals surface area contributed by atoms with Gasteiger partial charge in [-0.2, -0.15) is 0 Å². The maximum atomic E-state index is 12.5. The summed E-state index contributed by atoms with van der Waals surface area (Å²) in [6.45, 7) is 0. The van der Waals surface area contributed by atoms with Gasteiger partial charge in [-0.05, 0) is 18.2 Å². The van der Waals surface area contributed by atoms with Gasteiger partial charge >= 0.3 is 0 Å². The van der Waals surface area contributed by atoms with Crippen LogP contribution in [0.15, 0.2) is 78.9 Å². The molecule has 0 amide bonds. The highest BCUT2D eigenvalue weighted by Crippen LogP contribution is 2.13. The molecule has 0 aromatic heterocycles. The first-order chi connectivity index (χ1) is 12.1. The molecule has 0 aliphatic heterocycles. The van der Waals surface area contributed by atoms with Gasteiger partial charge in [-0.15, -0.1) is 0 Å². The van der Waals surface area contributed by atoms with Crippen LogP contribution >= 0.6 is 0 Å². The fraction of sp³-hybridized carbons (Fsp3) is 0. The topological polar surface area (TPSA) is 60.2 Å². The van der Waals surface area contributed by atoms with Crippen molar-refractivity contribution in [3.8, 4) is 11.8 Å². The van der Waals surface area contributed by atoms with Gasteiger partial charge in [-0.25, -0.2) is 0 Å². The average molecular weight is 327 g/mol. The lowest BCUT2D eigenvalue weighted by Crippen LogP contribution is -2.00. The molecule has 3 aromatic carbocycles. The maximum Gasteiger partial charge on any atom is 0.270 e. The Morgan fingerprint density at radius 3 is 2.04 bits per heavy atom. The summed E-state index contributed by atoms with van der Waals surface area (Å²) in [6.07, 6.45) is 0. The van der Waals surface area contributed by atoms with Crippen LogP contribution < -0.4 is 0 Å². The minimum absolute atomic E-state index is 0.000180. The molecule has 25 heavy (non-hydrogen) atoms. The van der Waals surface area contributed by atoms with Gasteiger partial charge in [0.1, 0.15) is 0 Å². The van der Waals surface area contributed by atoms with Crippen molar-refractivity contribution in [1.29, 1.82) is 0 Å². The molecule has 0 bridgehead atoms. The molecule has 4 nitrogen and oxygen atoms in total. The molecular weight excluding hydrogens is 314 g/mol. The van der Waals surface area contributed by atoms with Crippen LogP contribution in [0.3, 0.4) is 0 Å². The molecule has 0 heterocycles. The van der Waals surface area contributed by atoms with Crippen molar-refractivity contribution < 1.29 is 9.72 Å². The van der Waals surface area contributed by atoms with Gasteiger partial charge in [-0.3, -0.25) is 14.9 Å². The SMILES string of the molecule is O=C(c1ccccc1)c1cccc(C#Cc2cccc([N+](=O)[O-])c2)c1. The monoisotopic (exact) mass is 327 g/mol. The number of rotatable bonds is 3. The Labute approximate surface area is 144 Å². The second kappa shape index (κ2) is 7.24. The molecule has 0 aliphatic rings. The fourth-order valence-corrected chi connectivity index (χ4v) is 2.34. The summed E-state index contributed by atoms with van der Waals surface area (Å²) >= 11 is 0. The van der Waals surface area contributed by atoms with E-state index in [1.165, 1.54) is 12.1 Å². The Bertz CT molecular complexity index is 998. The summed E-state index contributed by atoms with van der Waals surface area (Å²) in [5.74, 6) is 5.78. The molecule has 0 N–H and O–H groups in total. The largest absolute Gasteiger partial charge is 0.289 e. The van der Waals surface area contributed by atoms with E-state index < -0.39 is 4.92 Å². The Morgan fingerprint density at radius 1 is 0.760 bits per heavy atom. The van der Waals surface area contributed by atoms with Crippen molar-refractivity contribution in [2.24, 2.45) is 0 Å².